The van der Waals surface area contributed by atoms with Crippen molar-refractivity contribution >= 4 is 34.5 Å². The number of benzene rings is 3. The minimum atomic E-state index is -0.953. The summed E-state index contributed by atoms with van der Waals surface area (Å²) in [7, 11) is 0. The molecule has 0 aliphatic rings. The summed E-state index contributed by atoms with van der Waals surface area (Å²) < 4.78 is 0. The molecule has 0 radical (unpaired) electrons. The Bertz CT molecular complexity index is 1250. The summed E-state index contributed by atoms with van der Waals surface area (Å²) in [6, 6.07) is 27.0. The lowest BCUT2D eigenvalue weighted by Crippen LogP contribution is -1.96. The highest BCUT2D eigenvalue weighted by Crippen LogP contribution is 2.36. The second-order valence-electron chi connectivity index (χ2n) is 7.32. The van der Waals surface area contributed by atoms with E-state index in [-0.39, 0.29) is 0 Å². The molecule has 0 atom stereocenters. The lowest BCUT2D eigenvalue weighted by atomic mass is 9.87. The first-order chi connectivity index (χ1) is 15.7. The summed E-state index contributed by atoms with van der Waals surface area (Å²) in [4.78, 5) is 15.3. The van der Waals surface area contributed by atoms with Crippen LogP contribution in [0.15, 0.2) is 95.8 Å². The number of rotatable bonds is 7. The van der Waals surface area contributed by atoms with Gasteiger partial charge in [-0.05, 0) is 52.0 Å². The Hall–Kier alpha value is -3.76. The maximum Gasteiger partial charge on any atom is 0.328 e. The van der Waals surface area contributed by atoms with Crippen molar-refractivity contribution < 1.29 is 9.90 Å². The van der Waals surface area contributed by atoms with Crippen molar-refractivity contribution in [1.29, 1.82) is 0 Å². The molecule has 4 rings (SSSR count). The first-order valence-corrected chi connectivity index (χ1v) is 11.4. The zero-order chi connectivity index (χ0) is 22.3. The number of allylic oxidation sites excluding steroid dienone is 1. The third-order valence-electron chi connectivity index (χ3n) is 5.27. The smallest absolute Gasteiger partial charge is 0.328 e. The monoisotopic (exact) mass is 437 g/mol. The first kappa shape index (κ1) is 21.5. The van der Waals surface area contributed by atoms with E-state index >= 15 is 0 Å². The highest BCUT2D eigenvalue weighted by molar-refractivity contribution is 7.07. The van der Waals surface area contributed by atoms with Crippen LogP contribution >= 0.6 is 11.3 Å². The summed E-state index contributed by atoms with van der Waals surface area (Å²) in [6.07, 6.45) is 3.64. The van der Waals surface area contributed by atoms with Gasteiger partial charge in [0.1, 0.15) is 0 Å². The maximum absolute atomic E-state index is 10.8. The predicted octanol–water partition coefficient (Wildman–Crippen LogP) is 7.28. The van der Waals surface area contributed by atoms with E-state index in [0.29, 0.717) is 0 Å². The second kappa shape index (κ2) is 10.0. The molecule has 0 fully saturated rings. The maximum atomic E-state index is 10.8. The van der Waals surface area contributed by atoms with E-state index in [1.807, 2.05) is 23.7 Å². The Kier molecular flexibility index (Phi) is 6.73. The molecule has 158 valence electrons. The number of carboxylic acid groups (broad SMARTS) is 1. The molecule has 0 unspecified atom stereocenters. The predicted molar refractivity (Wildman–Crippen MR) is 133 cm³/mol. The van der Waals surface area contributed by atoms with Crippen molar-refractivity contribution in [2.45, 2.75) is 13.3 Å². The van der Waals surface area contributed by atoms with Crippen molar-refractivity contribution in [1.82, 2.24) is 4.98 Å². The highest BCUT2D eigenvalue weighted by atomic mass is 32.1. The standard InChI is InChI=1S/C28H23NO2S/c1-2-25(21-7-4-3-5-8-21)28(22-14-11-20(12-15-22)13-16-27(30)31)24-10-6-9-23(17-24)26-18-32-19-29-26/h3-19H,2H2,1H3,(H,30,31)/b16-13+,28-25+. The number of thiazole rings is 1. The van der Waals surface area contributed by atoms with Crippen molar-refractivity contribution in [2.75, 3.05) is 0 Å². The fourth-order valence-electron chi connectivity index (χ4n) is 3.80. The summed E-state index contributed by atoms with van der Waals surface area (Å²) in [5, 5.41) is 11.0. The average molecular weight is 438 g/mol. The number of carbonyl (C=O) groups is 1. The Morgan fingerprint density at radius 2 is 1.69 bits per heavy atom. The number of nitrogens with zero attached hydrogens (tertiary/aromatic N) is 1. The summed E-state index contributed by atoms with van der Waals surface area (Å²) in [6.45, 7) is 2.18. The van der Waals surface area contributed by atoms with Crippen LogP contribution in [0.5, 0.6) is 0 Å². The Morgan fingerprint density at radius 3 is 2.34 bits per heavy atom. The molecular formula is C28H23NO2S. The van der Waals surface area contributed by atoms with Gasteiger partial charge in [0, 0.05) is 17.0 Å². The molecule has 3 nitrogen and oxygen atoms in total. The van der Waals surface area contributed by atoms with Crippen molar-refractivity contribution in [2.24, 2.45) is 0 Å². The van der Waals surface area contributed by atoms with E-state index < -0.39 is 5.97 Å². The van der Waals surface area contributed by atoms with E-state index in [1.54, 1.807) is 17.4 Å². The van der Waals surface area contributed by atoms with Gasteiger partial charge in [-0.2, -0.15) is 0 Å². The van der Waals surface area contributed by atoms with E-state index in [0.717, 1.165) is 40.4 Å². The highest BCUT2D eigenvalue weighted by Gasteiger charge is 2.14. The van der Waals surface area contributed by atoms with Crippen LogP contribution in [0.3, 0.4) is 0 Å². The molecule has 32 heavy (non-hydrogen) atoms. The van der Waals surface area contributed by atoms with Gasteiger partial charge < -0.3 is 5.11 Å². The fourth-order valence-corrected chi connectivity index (χ4v) is 4.36. The van der Waals surface area contributed by atoms with Crippen LogP contribution < -0.4 is 0 Å². The van der Waals surface area contributed by atoms with Gasteiger partial charge in [-0.1, -0.05) is 79.7 Å². The Balaban J connectivity index is 1.88. The third kappa shape index (κ3) is 4.93. The summed E-state index contributed by atoms with van der Waals surface area (Å²) in [5.74, 6) is -0.953. The Labute approximate surface area is 192 Å². The van der Waals surface area contributed by atoms with Crippen LogP contribution in [0.4, 0.5) is 0 Å². The minimum absolute atomic E-state index is 0.851. The van der Waals surface area contributed by atoms with Gasteiger partial charge in [0.25, 0.3) is 0 Å². The number of carboxylic acids is 1. The topological polar surface area (TPSA) is 50.2 Å². The molecule has 0 amide bonds. The Morgan fingerprint density at radius 1 is 0.938 bits per heavy atom. The zero-order valence-electron chi connectivity index (χ0n) is 17.7. The number of hydrogen-bond acceptors (Lipinski definition) is 3. The lowest BCUT2D eigenvalue weighted by molar-refractivity contribution is -0.131. The van der Waals surface area contributed by atoms with Crippen molar-refractivity contribution in [3.05, 3.63) is 118 Å². The van der Waals surface area contributed by atoms with Crippen LogP contribution in [0, 0.1) is 0 Å². The summed E-state index contributed by atoms with van der Waals surface area (Å²) in [5.41, 5.74) is 10.6. The van der Waals surface area contributed by atoms with Crippen LogP contribution in [-0.4, -0.2) is 16.1 Å². The van der Waals surface area contributed by atoms with Crippen LogP contribution in [-0.2, 0) is 4.79 Å². The minimum Gasteiger partial charge on any atom is -0.478 e. The molecule has 3 aromatic carbocycles. The van der Waals surface area contributed by atoms with E-state index in [4.69, 9.17) is 5.11 Å². The lowest BCUT2D eigenvalue weighted by Gasteiger charge is -2.17. The molecule has 1 heterocycles. The second-order valence-corrected chi connectivity index (χ2v) is 8.04. The number of aliphatic carboxylic acids is 1. The summed E-state index contributed by atoms with van der Waals surface area (Å²) >= 11 is 1.59. The van der Waals surface area contributed by atoms with Gasteiger partial charge in [-0.15, -0.1) is 11.3 Å². The zero-order valence-corrected chi connectivity index (χ0v) is 18.5. The fraction of sp³-hybridized carbons (Fsp3) is 0.0714. The van der Waals surface area contributed by atoms with Gasteiger partial charge in [-0.25, -0.2) is 9.78 Å². The quantitative estimate of drug-likeness (QED) is 0.244. The molecule has 0 aliphatic heterocycles. The van der Waals surface area contributed by atoms with Gasteiger partial charge in [-0.3, -0.25) is 0 Å². The van der Waals surface area contributed by atoms with Gasteiger partial charge in [0.05, 0.1) is 11.2 Å². The van der Waals surface area contributed by atoms with Crippen molar-refractivity contribution in [3.8, 4) is 11.3 Å². The number of aromatic nitrogens is 1. The van der Waals surface area contributed by atoms with Crippen molar-refractivity contribution in [3.63, 3.8) is 0 Å². The number of hydrogen-bond donors (Lipinski definition) is 1. The van der Waals surface area contributed by atoms with Gasteiger partial charge in [0.2, 0.25) is 0 Å². The van der Waals surface area contributed by atoms with Gasteiger partial charge in [0.15, 0.2) is 0 Å². The van der Waals surface area contributed by atoms with E-state index in [2.05, 4.69) is 78.0 Å². The van der Waals surface area contributed by atoms with E-state index in [9.17, 15) is 4.79 Å². The molecule has 0 saturated carbocycles. The SMILES string of the molecule is CC/C(=C(/c1ccc(/C=C/C(=O)O)cc1)c1cccc(-c2cscn2)c1)c1ccccc1. The van der Waals surface area contributed by atoms with Crippen LogP contribution in [0.1, 0.15) is 35.6 Å². The largest absolute Gasteiger partial charge is 0.478 e. The molecular weight excluding hydrogens is 414 g/mol. The molecule has 4 aromatic rings. The molecule has 0 spiro atoms. The molecule has 0 bridgehead atoms. The third-order valence-corrected chi connectivity index (χ3v) is 5.86. The van der Waals surface area contributed by atoms with Crippen LogP contribution in [0.2, 0.25) is 0 Å². The molecule has 1 N–H and O–H groups in total. The normalized spacial score (nSPS) is 12.0. The van der Waals surface area contributed by atoms with E-state index in [1.165, 1.54) is 16.7 Å². The van der Waals surface area contributed by atoms with Gasteiger partial charge >= 0.3 is 5.97 Å². The molecule has 1 aromatic heterocycles. The first-order valence-electron chi connectivity index (χ1n) is 10.4. The average Bonchev–Trinajstić information content (AvgIpc) is 3.37. The van der Waals surface area contributed by atoms with Crippen LogP contribution in [0.25, 0.3) is 28.5 Å². The molecule has 0 saturated heterocycles. The molecule has 4 heteroatoms. The molecule has 0 aliphatic carbocycles.